The van der Waals surface area contributed by atoms with Gasteiger partial charge in [0.1, 0.15) is 27.8 Å². The molecule has 3 aromatic heterocycles. The van der Waals surface area contributed by atoms with E-state index in [2.05, 4.69) is 14.7 Å². The van der Waals surface area contributed by atoms with Crippen LogP contribution in [-0.2, 0) is 12.0 Å². The van der Waals surface area contributed by atoms with Gasteiger partial charge in [0.25, 0.3) is 0 Å². The smallest absolute Gasteiger partial charge is 0.387 e. The van der Waals surface area contributed by atoms with Crippen LogP contribution in [0, 0.1) is 12.7 Å². The molecule has 31 heavy (non-hydrogen) atoms. The van der Waals surface area contributed by atoms with Crippen molar-refractivity contribution >= 4 is 17.0 Å². The molecule has 162 valence electrons. The molecule has 0 aliphatic rings. The number of halogens is 3. The molecular formula is C22H20F3N3O2S. The third kappa shape index (κ3) is 4.28. The maximum absolute atomic E-state index is 14.8. The molecule has 0 bridgehead atoms. The van der Waals surface area contributed by atoms with Crippen molar-refractivity contribution < 1.29 is 23.0 Å². The fourth-order valence-electron chi connectivity index (χ4n) is 3.35. The molecule has 0 unspecified atom stereocenters. The predicted molar refractivity (Wildman–Crippen MR) is 112 cm³/mol. The van der Waals surface area contributed by atoms with Crippen LogP contribution in [0.4, 0.5) is 13.2 Å². The van der Waals surface area contributed by atoms with E-state index >= 15 is 0 Å². The number of para-hydroxylation sites is 1. The molecule has 9 heteroatoms. The number of benzene rings is 1. The van der Waals surface area contributed by atoms with Crippen LogP contribution in [0.1, 0.15) is 35.8 Å². The summed E-state index contributed by atoms with van der Waals surface area (Å²) < 4.78 is 46.8. The van der Waals surface area contributed by atoms with Crippen LogP contribution >= 0.6 is 11.3 Å². The van der Waals surface area contributed by atoms with E-state index < -0.39 is 18.0 Å². The highest BCUT2D eigenvalue weighted by molar-refractivity contribution is 7.15. The van der Waals surface area contributed by atoms with E-state index in [9.17, 15) is 18.3 Å². The number of alkyl halides is 2. The Hall–Kier alpha value is -2.91. The molecule has 5 nitrogen and oxygen atoms in total. The summed E-state index contributed by atoms with van der Waals surface area (Å²) in [4.78, 5) is 9.20. The molecule has 4 aromatic rings. The number of ether oxygens (including phenoxy) is 1. The molecule has 0 aliphatic carbocycles. The maximum atomic E-state index is 14.8. The number of rotatable bonds is 6. The molecule has 4 rings (SSSR count). The Balaban J connectivity index is 1.79. The topological polar surface area (TPSA) is 59.7 Å². The molecule has 3 heterocycles. The number of hydrogen-bond donors (Lipinski definition) is 1. The van der Waals surface area contributed by atoms with E-state index in [1.165, 1.54) is 29.7 Å². The quantitative estimate of drug-likeness (QED) is 0.434. The van der Waals surface area contributed by atoms with Crippen molar-refractivity contribution in [1.82, 2.24) is 14.4 Å². The first-order valence-electron chi connectivity index (χ1n) is 9.52. The van der Waals surface area contributed by atoms with E-state index in [4.69, 9.17) is 0 Å². The lowest BCUT2D eigenvalue weighted by atomic mass is 10.1. The number of imidazole rings is 1. The Morgan fingerprint density at radius 1 is 1.26 bits per heavy atom. The van der Waals surface area contributed by atoms with Crippen molar-refractivity contribution in [1.29, 1.82) is 0 Å². The van der Waals surface area contributed by atoms with Crippen LogP contribution in [-0.4, -0.2) is 26.1 Å². The zero-order chi connectivity index (χ0) is 22.3. The Bertz CT molecular complexity index is 1240. The van der Waals surface area contributed by atoms with Gasteiger partial charge in [-0.2, -0.15) is 8.78 Å². The van der Waals surface area contributed by atoms with E-state index in [0.29, 0.717) is 32.4 Å². The van der Waals surface area contributed by atoms with Gasteiger partial charge in [0, 0.05) is 41.7 Å². The van der Waals surface area contributed by atoms with E-state index in [1.807, 2.05) is 0 Å². The summed E-state index contributed by atoms with van der Waals surface area (Å²) >= 11 is 1.20. The first-order valence-corrected chi connectivity index (χ1v) is 10.3. The molecular weight excluding hydrogens is 427 g/mol. The SMILES string of the molecule is Cc1nc2cc(F)c(-c3cnc(C(C)(C)O)s3)cn2c1Cc1ccccc1OC(F)F. The van der Waals surface area contributed by atoms with Crippen LogP contribution in [0.25, 0.3) is 16.1 Å². The Morgan fingerprint density at radius 3 is 2.68 bits per heavy atom. The minimum atomic E-state index is -2.93. The molecule has 0 aliphatic heterocycles. The van der Waals surface area contributed by atoms with Crippen LogP contribution in [0.5, 0.6) is 5.75 Å². The second-order valence-corrected chi connectivity index (χ2v) is 8.69. The van der Waals surface area contributed by atoms with Gasteiger partial charge < -0.3 is 14.2 Å². The van der Waals surface area contributed by atoms with Crippen LogP contribution in [0.15, 0.2) is 42.7 Å². The molecule has 0 amide bonds. The number of hydrogen-bond acceptors (Lipinski definition) is 5. The molecule has 0 saturated carbocycles. The van der Waals surface area contributed by atoms with E-state index in [0.717, 1.165) is 5.69 Å². The highest BCUT2D eigenvalue weighted by atomic mass is 32.1. The summed E-state index contributed by atoms with van der Waals surface area (Å²) in [5.41, 5.74) is 1.55. The van der Waals surface area contributed by atoms with Gasteiger partial charge in [-0.1, -0.05) is 18.2 Å². The lowest BCUT2D eigenvalue weighted by Crippen LogP contribution is -2.14. The van der Waals surface area contributed by atoms with Gasteiger partial charge in [0.05, 0.1) is 10.6 Å². The van der Waals surface area contributed by atoms with Gasteiger partial charge in [-0.25, -0.2) is 14.4 Å². The van der Waals surface area contributed by atoms with Gasteiger partial charge in [-0.15, -0.1) is 11.3 Å². The van der Waals surface area contributed by atoms with E-state index in [1.54, 1.807) is 49.6 Å². The Labute approximate surface area is 180 Å². The summed E-state index contributed by atoms with van der Waals surface area (Å²) in [7, 11) is 0. The fourth-order valence-corrected chi connectivity index (χ4v) is 4.28. The molecule has 0 spiro atoms. The standard InChI is InChI=1S/C22H20F3N3O2S/c1-12-16(8-13-6-4-5-7-17(13)30-21(24)25)28-11-14(15(23)9-19(28)27-12)18-10-26-20(31-18)22(2,3)29/h4-7,9-11,21,29H,8H2,1-3H3. The summed E-state index contributed by atoms with van der Waals surface area (Å²) in [6.07, 6.45) is 3.42. The second kappa shape index (κ2) is 7.97. The molecule has 0 radical (unpaired) electrons. The summed E-state index contributed by atoms with van der Waals surface area (Å²) in [5, 5.41) is 10.6. The average Bonchev–Trinajstić information content (AvgIpc) is 3.27. The lowest BCUT2D eigenvalue weighted by Gasteiger charge is -2.12. The highest BCUT2D eigenvalue weighted by Crippen LogP contribution is 2.34. The molecule has 1 aromatic carbocycles. The van der Waals surface area contributed by atoms with Gasteiger partial charge in [-0.3, -0.25) is 0 Å². The predicted octanol–water partition coefficient (Wildman–Crippen LogP) is 5.32. The van der Waals surface area contributed by atoms with E-state index in [-0.39, 0.29) is 12.2 Å². The number of aryl methyl sites for hydroxylation is 1. The van der Waals surface area contributed by atoms with Crippen molar-refractivity contribution in [3.8, 4) is 16.2 Å². The number of nitrogens with zero attached hydrogens (tertiary/aromatic N) is 3. The van der Waals surface area contributed by atoms with Crippen molar-refractivity contribution in [2.45, 2.75) is 39.4 Å². The molecule has 0 fully saturated rings. The largest absolute Gasteiger partial charge is 0.435 e. The number of thiazole rings is 1. The third-order valence-electron chi connectivity index (χ3n) is 4.85. The lowest BCUT2D eigenvalue weighted by molar-refractivity contribution is -0.0504. The summed E-state index contributed by atoms with van der Waals surface area (Å²) in [6.45, 7) is 2.09. The van der Waals surface area contributed by atoms with Crippen molar-refractivity contribution in [3.05, 3.63) is 70.5 Å². The van der Waals surface area contributed by atoms with Crippen LogP contribution in [0.2, 0.25) is 0 Å². The minimum absolute atomic E-state index is 0.0893. The molecule has 0 atom stereocenters. The van der Waals surface area contributed by atoms with Crippen molar-refractivity contribution in [3.63, 3.8) is 0 Å². The molecule has 1 N–H and O–H groups in total. The summed E-state index contributed by atoms with van der Waals surface area (Å²) in [5.74, 6) is -0.372. The minimum Gasteiger partial charge on any atom is -0.435 e. The van der Waals surface area contributed by atoms with Gasteiger partial charge >= 0.3 is 6.61 Å². The number of fused-ring (bicyclic) bond motifs is 1. The normalized spacial score (nSPS) is 12.1. The van der Waals surface area contributed by atoms with Gasteiger partial charge in [0.15, 0.2) is 0 Å². The average molecular weight is 447 g/mol. The first-order chi connectivity index (χ1) is 14.6. The van der Waals surface area contributed by atoms with Gasteiger partial charge in [-0.05, 0) is 26.8 Å². The van der Waals surface area contributed by atoms with Crippen LogP contribution < -0.4 is 4.74 Å². The monoisotopic (exact) mass is 447 g/mol. The zero-order valence-electron chi connectivity index (χ0n) is 17.1. The van der Waals surface area contributed by atoms with Crippen molar-refractivity contribution in [2.75, 3.05) is 0 Å². The highest BCUT2D eigenvalue weighted by Gasteiger charge is 2.22. The Morgan fingerprint density at radius 2 is 2.00 bits per heavy atom. The van der Waals surface area contributed by atoms with Crippen molar-refractivity contribution in [2.24, 2.45) is 0 Å². The Kier molecular flexibility index (Phi) is 5.49. The number of aromatic nitrogens is 3. The molecule has 0 saturated heterocycles. The first kappa shape index (κ1) is 21.3. The third-order valence-corrected chi connectivity index (χ3v) is 6.19. The fraction of sp³-hybridized carbons (Fsp3) is 0.273. The van der Waals surface area contributed by atoms with Crippen LogP contribution in [0.3, 0.4) is 0 Å². The number of pyridine rings is 1. The summed E-state index contributed by atoms with van der Waals surface area (Å²) in [6, 6.07) is 7.89. The van der Waals surface area contributed by atoms with Gasteiger partial charge in [0.2, 0.25) is 0 Å². The maximum Gasteiger partial charge on any atom is 0.387 e. The second-order valence-electron chi connectivity index (χ2n) is 7.66. The number of aliphatic hydroxyl groups is 1. The zero-order valence-corrected chi connectivity index (χ0v) is 17.9.